The summed E-state index contributed by atoms with van der Waals surface area (Å²) in [5.41, 5.74) is 1.18. The number of carbonyl (C=O) groups excluding carboxylic acids is 1. The van der Waals surface area contributed by atoms with Crippen molar-refractivity contribution in [3.05, 3.63) is 29.8 Å². The lowest BCUT2D eigenvalue weighted by Crippen LogP contribution is -2.45. The Morgan fingerprint density at radius 3 is 2.48 bits per heavy atom. The zero-order valence-corrected chi connectivity index (χ0v) is 14.6. The van der Waals surface area contributed by atoms with Gasteiger partial charge in [-0.2, -0.15) is 0 Å². The van der Waals surface area contributed by atoms with Crippen molar-refractivity contribution in [1.29, 1.82) is 0 Å². The second-order valence-electron chi connectivity index (χ2n) is 6.56. The second kappa shape index (κ2) is 9.04. The molecule has 1 aliphatic rings. The van der Waals surface area contributed by atoms with Crippen molar-refractivity contribution in [2.75, 3.05) is 26.2 Å². The summed E-state index contributed by atoms with van der Waals surface area (Å²) < 4.78 is 11.6. The van der Waals surface area contributed by atoms with Gasteiger partial charge in [-0.1, -0.05) is 12.1 Å². The lowest BCUT2D eigenvalue weighted by molar-refractivity contribution is -0.116. The van der Waals surface area contributed by atoms with E-state index in [1.54, 1.807) is 6.92 Å². The Balaban J connectivity index is 1.65. The van der Waals surface area contributed by atoms with E-state index in [-0.39, 0.29) is 5.78 Å². The highest BCUT2D eigenvalue weighted by Gasteiger charge is 2.21. The fourth-order valence-corrected chi connectivity index (χ4v) is 3.02. The molecule has 23 heavy (non-hydrogen) atoms. The first-order chi connectivity index (χ1) is 11.0. The molecule has 0 N–H and O–H groups in total. The van der Waals surface area contributed by atoms with Crippen LogP contribution in [0.3, 0.4) is 0 Å². The summed E-state index contributed by atoms with van der Waals surface area (Å²) in [6.45, 7) is 9.69. The minimum absolute atomic E-state index is 0.233. The van der Waals surface area contributed by atoms with Crippen molar-refractivity contribution in [1.82, 2.24) is 4.90 Å². The van der Waals surface area contributed by atoms with Crippen LogP contribution in [0.1, 0.15) is 39.2 Å². The van der Waals surface area contributed by atoms with E-state index >= 15 is 0 Å². The first kappa shape index (κ1) is 18.0. The Labute approximate surface area is 139 Å². The van der Waals surface area contributed by atoms with Gasteiger partial charge in [-0.25, -0.2) is 0 Å². The monoisotopic (exact) mass is 319 g/mol. The van der Waals surface area contributed by atoms with E-state index in [0.717, 1.165) is 44.8 Å². The first-order valence-electron chi connectivity index (χ1n) is 8.62. The molecule has 1 aromatic carbocycles. The van der Waals surface area contributed by atoms with Crippen molar-refractivity contribution in [3.63, 3.8) is 0 Å². The molecule has 1 aromatic rings. The maximum Gasteiger partial charge on any atom is 0.130 e. The summed E-state index contributed by atoms with van der Waals surface area (Å²) in [7, 11) is 0. The number of carbonyl (C=O) groups is 1. The van der Waals surface area contributed by atoms with E-state index in [2.05, 4.69) is 18.7 Å². The predicted molar refractivity (Wildman–Crippen MR) is 92.0 cm³/mol. The van der Waals surface area contributed by atoms with Crippen molar-refractivity contribution in [2.24, 2.45) is 0 Å². The van der Waals surface area contributed by atoms with Crippen LogP contribution in [0.2, 0.25) is 0 Å². The third-order valence-corrected chi connectivity index (χ3v) is 4.07. The zero-order valence-electron chi connectivity index (χ0n) is 14.6. The van der Waals surface area contributed by atoms with E-state index in [1.807, 2.05) is 24.3 Å². The standard InChI is InChI=1S/C19H29NO3/c1-15(21)5-6-18-7-9-19(10-8-18)22-12-4-11-20-13-16(2)23-17(3)14-20/h7-10,16-17H,4-6,11-14H2,1-3H3/t16-,17-/m0/s1. The second-order valence-corrected chi connectivity index (χ2v) is 6.56. The predicted octanol–water partition coefficient (Wildman–Crippen LogP) is 3.09. The number of nitrogens with zero attached hydrogens (tertiary/aromatic N) is 1. The molecule has 0 radical (unpaired) electrons. The van der Waals surface area contributed by atoms with Gasteiger partial charge in [0.2, 0.25) is 0 Å². The molecule has 4 heteroatoms. The molecule has 0 bridgehead atoms. The van der Waals surface area contributed by atoms with Gasteiger partial charge in [-0.05, 0) is 51.3 Å². The van der Waals surface area contributed by atoms with Gasteiger partial charge in [0.1, 0.15) is 11.5 Å². The molecule has 0 spiro atoms. The molecule has 1 saturated heterocycles. The molecule has 0 aliphatic carbocycles. The average Bonchev–Trinajstić information content (AvgIpc) is 2.50. The highest BCUT2D eigenvalue weighted by molar-refractivity contribution is 5.75. The van der Waals surface area contributed by atoms with Gasteiger partial charge in [-0.3, -0.25) is 4.90 Å². The Hall–Kier alpha value is -1.39. The average molecular weight is 319 g/mol. The number of benzene rings is 1. The van der Waals surface area contributed by atoms with Crippen LogP contribution in [0.4, 0.5) is 0 Å². The molecule has 128 valence electrons. The number of hydrogen-bond acceptors (Lipinski definition) is 4. The number of ether oxygens (including phenoxy) is 2. The summed E-state index contributed by atoms with van der Waals surface area (Å²) in [5, 5.41) is 0. The van der Waals surface area contributed by atoms with Crippen LogP contribution in [0, 0.1) is 0 Å². The molecule has 1 aliphatic heterocycles. The maximum atomic E-state index is 11.0. The largest absolute Gasteiger partial charge is 0.494 e. The number of hydrogen-bond donors (Lipinski definition) is 0. The van der Waals surface area contributed by atoms with Gasteiger partial charge in [0.15, 0.2) is 0 Å². The van der Waals surface area contributed by atoms with Gasteiger partial charge in [0.05, 0.1) is 18.8 Å². The number of morpholine rings is 1. The summed E-state index contributed by atoms with van der Waals surface area (Å²) >= 11 is 0. The minimum atomic E-state index is 0.233. The minimum Gasteiger partial charge on any atom is -0.494 e. The smallest absolute Gasteiger partial charge is 0.130 e. The van der Waals surface area contributed by atoms with E-state index < -0.39 is 0 Å². The topological polar surface area (TPSA) is 38.8 Å². The Kier molecular flexibility index (Phi) is 7.06. The van der Waals surface area contributed by atoms with Crippen molar-refractivity contribution >= 4 is 5.78 Å². The summed E-state index contributed by atoms with van der Waals surface area (Å²) in [5.74, 6) is 1.14. The molecule has 1 heterocycles. The van der Waals surface area contributed by atoms with E-state index in [9.17, 15) is 4.79 Å². The van der Waals surface area contributed by atoms with Crippen LogP contribution < -0.4 is 4.74 Å². The van der Waals surface area contributed by atoms with Gasteiger partial charge < -0.3 is 14.3 Å². The summed E-state index contributed by atoms with van der Waals surface area (Å²) in [6.07, 6.45) is 3.08. The number of rotatable bonds is 8. The Morgan fingerprint density at radius 2 is 1.87 bits per heavy atom. The quantitative estimate of drug-likeness (QED) is 0.690. The molecule has 0 saturated carbocycles. The van der Waals surface area contributed by atoms with Crippen LogP contribution in [-0.4, -0.2) is 49.1 Å². The summed E-state index contributed by atoms with van der Waals surface area (Å²) in [4.78, 5) is 13.4. The fourth-order valence-electron chi connectivity index (χ4n) is 3.02. The Morgan fingerprint density at radius 1 is 1.22 bits per heavy atom. The van der Waals surface area contributed by atoms with Crippen LogP contribution in [0.5, 0.6) is 5.75 Å². The van der Waals surface area contributed by atoms with Crippen LogP contribution in [0.15, 0.2) is 24.3 Å². The van der Waals surface area contributed by atoms with Crippen molar-refractivity contribution < 1.29 is 14.3 Å². The molecular formula is C19H29NO3. The molecule has 0 unspecified atom stereocenters. The molecule has 1 fully saturated rings. The maximum absolute atomic E-state index is 11.0. The highest BCUT2D eigenvalue weighted by Crippen LogP contribution is 2.14. The van der Waals surface area contributed by atoms with Crippen LogP contribution in [-0.2, 0) is 16.0 Å². The molecular weight excluding hydrogens is 290 g/mol. The lowest BCUT2D eigenvalue weighted by atomic mass is 10.1. The molecule has 0 amide bonds. The molecule has 2 atom stereocenters. The molecule has 4 nitrogen and oxygen atoms in total. The van der Waals surface area contributed by atoms with Crippen molar-refractivity contribution in [2.45, 2.75) is 52.2 Å². The lowest BCUT2D eigenvalue weighted by Gasteiger charge is -2.35. The SMILES string of the molecule is CC(=O)CCc1ccc(OCCCN2C[C@H](C)O[C@@H](C)C2)cc1. The normalized spacial score (nSPS) is 22.0. The highest BCUT2D eigenvalue weighted by atomic mass is 16.5. The fraction of sp³-hybridized carbons (Fsp3) is 0.632. The van der Waals surface area contributed by atoms with E-state index in [0.29, 0.717) is 18.6 Å². The number of Topliss-reactive ketones (excluding diaryl/α,β-unsaturated/α-hetero) is 1. The van der Waals surface area contributed by atoms with Gasteiger partial charge in [-0.15, -0.1) is 0 Å². The summed E-state index contributed by atoms with van der Waals surface area (Å²) in [6, 6.07) is 8.08. The van der Waals surface area contributed by atoms with Crippen LogP contribution in [0.25, 0.3) is 0 Å². The third kappa shape index (κ3) is 6.71. The molecule has 2 rings (SSSR count). The molecule has 0 aromatic heterocycles. The Bertz CT molecular complexity index is 476. The van der Waals surface area contributed by atoms with E-state index in [1.165, 1.54) is 5.56 Å². The van der Waals surface area contributed by atoms with Crippen molar-refractivity contribution in [3.8, 4) is 5.75 Å². The van der Waals surface area contributed by atoms with Gasteiger partial charge >= 0.3 is 0 Å². The van der Waals surface area contributed by atoms with Crippen LogP contribution >= 0.6 is 0 Å². The first-order valence-corrected chi connectivity index (χ1v) is 8.62. The van der Waals surface area contributed by atoms with E-state index in [4.69, 9.17) is 9.47 Å². The number of aryl methyl sites for hydroxylation is 1. The van der Waals surface area contributed by atoms with Gasteiger partial charge in [0.25, 0.3) is 0 Å². The third-order valence-electron chi connectivity index (χ3n) is 4.07. The van der Waals surface area contributed by atoms with Gasteiger partial charge in [0, 0.05) is 26.1 Å². The zero-order chi connectivity index (χ0) is 16.7. The number of ketones is 1.